The summed E-state index contributed by atoms with van der Waals surface area (Å²) in [5.74, 6) is 0.277. The molecule has 0 bridgehead atoms. The fourth-order valence-electron chi connectivity index (χ4n) is 1.95. The van der Waals surface area contributed by atoms with Crippen LogP contribution >= 0.6 is 0 Å². The van der Waals surface area contributed by atoms with Gasteiger partial charge in [-0.25, -0.2) is 0 Å². The average Bonchev–Trinajstić information content (AvgIpc) is 2.28. The summed E-state index contributed by atoms with van der Waals surface area (Å²) in [4.78, 5) is 10.8. The Morgan fingerprint density at radius 3 is 2.30 bits per heavy atom. The van der Waals surface area contributed by atoms with Gasteiger partial charge in [0.05, 0.1) is 0 Å². The molecule has 2 rings (SSSR count). The molecular weight excluding hydrogens is 130 g/mol. The molecule has 1 aliphatic heterocycles. The lowest BCUT2D eigenvalue weighted by atomic mass is 10.1. The zero-order chi connectivity index (χ0) is 7.35. The topological polar surface area (TPSA) is 81.1 Å². The van der Waals surface area contributed by atoms with Gasteiger partial charge >= 0.3 is 0 Å². The maximum atomic E-state index is 10.8. The van der Waals surface area contributed by atoms with Crippen molar-refractivity contribution < 1.29 is 4.79 Å². The Morgan fingerprint density at radius 1 is 1.50 bits per heavy atom. The number of rotatable bonds is 1. The van der Waals surface area contributed by atoms with Gasteiger partial charge in [0.15, 0.2) is 0 Å². The van der Waals surface area contributed by atoms with Crippen molar-refractivity contribution >= 4 is 5.91 Å². The predicted octanol–water partition coefficient (Wildman–Crippen LogP) is -1.98. The van der Waals surface area contributed by atoms with Crippen LogP contribution in [-0.4, -0.2) is 24.5 Å². The van der Waals surface area contributed by atoms with E-state index in [1.165, 1.54) is 0 Å². The van der Waals surface area contributed by atoms with E-state index in [4.69, 9.17) is 11.5 Å². The molecule has 1 aliphatic carbocycles. The monoisotopic (exact) mass is 141 g/mol. The number of amides is 1. The first kappa shape index (κ1) is 6.12. The third-order valence-electron chi connectivity index (χ3n) is 2.76. The maximum absolute atomic E-state index is 10.8. The number of hydrogen-bond donors (Lipinski definition) is 3. The van der Waals surface area contributed by atoms with E-state index in [1.54, 1.807) is 0 Å². The second-order valence-corrected chi connectivity index (χ2v) is 3.17. The summed E-state index contributed by atoms with van der Waals surface area (Å²) in [6.07, 6.45) is 0. The van der Waals surface area contributed by atoms with Crippen LogP contribution in [0.1, 0.15) is 0 Å². The molecule has 0 aromatic carbocycles. The zero-order valence-electron chi connectivity index (χ0n) is 5.63. The van der Waals surface area contributed by atoms with E-state index >= 15 is 0 Å². The quantitative estimate of drug-likeness (QED) is 0.396. The van der Waals surface area contributed by atoms with Gasteiger partial charge in [-0.15, -0.1) is 0 Å². The van der Waals surface area contributed by atoms with Gasteiger partial charge in [-0.05, 0) is 0 Å². The third-order valence-corrected chi connectivity index (χ3v) is 2.76. The lowest BCUT2D eigenvalue weighted by Crippen LogP contribution is -2.46. The molecule has 1 heterocycles. The van der Waals surface area contributed by atoms with Crippen LogP contribution in [-0.2, 0) is 4.79 Å². The summed E-state index contributed by atoms with van der Waals surface area (Å²) < 4.78 is 0. The van der Waals surface area contributed by atoms with Crippen molar-refractivity contribution in [3.8, 4) is 0 Å². The van der Waals surface area contributed by atoms with E-state index in [0.717, 1.165) is 13.1 Å². The highest BCUT2D eigenvalue weighted by Gasteiger charge is 2.67. The van der Waals surface area contributed by atoms with Crippen molar-refractivity contribution in [1.82, 2.24) is 5.32 Å². The van der Waals surface area contributed by atoms with Gasteiger partial charge in [-0.2, -0.15) is 0 Å². The largest absolute Gasteiger partial charge is 0.368 e. The lowest BCUT2D eigenvalue weighted by Gasteiger charge is -2.10. The standard InChI is InChI=1S/C6H11N3O/c7-5(10)6(8)3-1-9-2-4(3)6/h3-4,9H,1-2,8H2,(H2,7,10)/t3-,4+,6+. The van der Waals surface area contributed by atoms with Crippen LogP contribution in [0, 0.1) is 11.8 Å². The molecule has 56 valence electrons. The normalized spacial score (nSPS) is 50.5. The maximum Gasteiger partial charge on any atom is 0.238 e. The minimum absolute atomic E-state index is 0.310. The number of nitrogens with one attached hydrogen (secondary N) is 1. The number of fused-ring (bicyclic) bond motifs is 1. The van der Waals surface area contributed by atoms with Crippen LogP contribution in [0.5, 0.6) is 0 Å². The number of primary amides is 1. The Kier molecular flexibility index (Phi) is 0.928. The van der Waals surface area contributed by atoms with Gasteiger partial charge in [0.1, 0.15) is 5.54 Å². The van der Waals surface area contributed by atoms with E-state index in [0.29, 0.717) is 11.8 Å². The average molecular weight is 141 g/mol. The van der Waals surface area contributed by atoms with Crippen molar-refractivity contribution in [3.05, 3.63) is 0 Å². The molecule has 0 spiro atoms. The molecule has 0 radical (unpaired) electrons. The van der Waals surface area contributed by atoms with Gasteiger partial charge in [0.25, 0.3) is 0 Å². The molecule has 0 aromatic heterocycles. The fraction of sp³-hybridized carbons (Fsp3) is 0.833. The van der Waals surface area contributed by atoms with Gasteiger partial charge < -0.3 is 16.8 Å². The third kappa shape index (κ3) is 0.468. The number of carbonyl (C=O) groups is 1. The Hall–Kier alpha value is -0.610. The first-order valence-electron chi connectivity index (χ1n) is 3.47. The van der Waals surface area contributed by atoms with Crippen molar-refractivity contribution in [1.29, 1.82) is 0 Å². The minimum Gasteiger partial charge on any atom is -0.368 e. The van der Waals surface area contributed by atoms with Crippen molar-refractivity contribution in [2.24, 2.45) is 23.3 Å². The number of hydrogen-bond acceptors (Lipinski definition) is 3. The molecule has 4 heteroatoms. The fourth-order valence-corrected chi connectivity index (χ4v) is 1.95. The molecule has 2 fully saturated rings. The first-order chi connectivity index (χ1) is 4.67. The van der Waals surface area contributed by atoms with E-state index in [-0.39, 0.29) is 5.91 Å². The number of nitrogens with two attached hydrogens (primary N) is 2. The summed E-state index contributed by atoms with van der Waals surface area (Å²) in [5.41, 5.74) is 10.2. The number of piperidine rings is 1. The van der Waals surface area contributed by atoms with E-state index in [9.17, 15) is 4.79 Å². The summed E-state index contributed by atoms with van der Waals surface area (Å²) >= 11 is 0. The summed E-state index contributed by atoms with van der Waals surface area (Å²) in [6.45, 7) is 1.70. The second kappa shape index (κ2) is 1.52. The molecule has 10 heavy (non-hydrogen) atoms. The van der Waals surface area contributed by atoms with E-state index in [2.05, 4.69) is 5.32 Å². The van der Waals surface area contributed by atoms with Gasteiger partial charge in [-0.1, -0.05) is 0 Å². The summed E-state index contributed by atoms with van der Waals surface area (Å²) in [6, 6.07) is 0. The highest BCUT2D eigenvalue weighted by molar-refractivity contribution is 5.89. The lowest BCUT2D eigenvalue weighted by molar-refractivity contribution is -0.120. The van der Waals surface area contributed by atoms with E-state index < -0.39 is 5.54 Å². The van der Waals surface area contributed by atoms with Crippen LogP contribution in [0.25, 0.3) is 0 Å². The molecule has 1 amide bonds. The minimum atomic E-state index is -0.661. The molecule has 2 aliphatic rings. The molecule has 4 nitrogen and oxygen atoms in total. The molecule has 0 unspecified atom stereocenters. The van der Waals surface area contributed by atoms with Crippen LogP contribution in [0.4, 0.5) is 0 Å². The molecule has 5 N–H and O–H groups in total. The summed E-state index contributed by atoms with van der Waals surface area (Å²) in [5, 5.41) is 3.14. The number of carbonyl (C=O) groups excluding carboxylic acids is 1. The zero-order valence-corrected chi connectivity index (χ0v) is 5.63. The highest BCUT2D eigenvalue weighted by atomic mass is 16.1. The van der Waals surface area contributed by atoms with Crippen LogP contribution in [0.3, 0.4) is 0 Å². The van der Waals surface area contributed by atoms with Crippen LogP contribution in [0.2, 0.25) is 0 Å². The van der Waals surface area contributed by atoms with Gasteiger partial charge in [0, 0.05) is 24.9 Å². The SMILES string of the molecule is NC(=O)[C@]1(N)[C@@H]2CNC[C@@H]21. The van der Waals surface area contributed by atoms with Crippen molar-refractivity contribution in [2.45, 2.75) is 5.54 Å². The highest BCUT2D eigenvalue weighted by Crippen LogP contribution is 2.50. The smallest absolute Gasteiger partial charge is 0.238 e. The van der Waals surface area contributed by atoms with Gasteiger partial charge in [0.2, 0.25) is 5.91 Å². The predicted molar refractivity (Wildman–Crippen MR) is 36.0 cm³/mol. The molecular formula is C6H11N3O. The molecule has 0 aromatic rings. The molecule has 3 atom stereocenters. The Balaban J connectivity index is 2.17. The van der Waals surface area contributed by atoms with Crippen LogP contribution < -0.4 is 16.8 Å². The molecule has 1 saturated carbocycles. The van der Waals surface area contributed by atoms with Crippen LogP contribution in [0.15, 0.2) is 0 Å². The first-order valence-corrected chi connectivity index (χ1v) is 3.47. The second-order valence-electron chi connectivity index (χ2n) is 3.17. The van der Waals surface area contributed by atoms with Crippen molar-refractivity contribution in [3.63, 3.8) is 0 Å². The summed E-state index contributed by atoms with van der Waals surface area (Å²) in [7, 11) is 0. The van der Waals surface area contributed by atoms with Crippen molar-refractivity contribution in [2.75, 3.05) is 13.1 Å². The van der Waals surface area contributed by atoms with Gasteiger partial charge in [-0.3, -0.25) is 4.79 Å². The Labute approximate surface area is 58.9 Å². The Morgan fingerprint density at radius 2 is 2.00 bits per heavy atom. The molecule has 1 saturated heterocycles. The van der Waals surface area contributed by atoms with E-state index in [1.807, 2.05) is 0 Å². The Bertz CT molecular complexity index is 181.